The molecule has 0 amide bonds. The van der Waals surface area contributed by atoms with Gasteiger partial charge in [-0.1, -0.05) is 48.5 Å². The summed E-state index contributed by atoms with van der Waals surface area (Å²) in [5, 5.41) is 1.38. The van der Waals surface area contributed by atoms with Gasteiger partial charge in [0.2, 0.25) is 0 Å². The maximum absolute atomic E-state index is 13.1. The molecule has 0 radical (unpaired) electrons. The summed E-state index contributed by atoms with van der Waals surface area (Å²) in [6.45, 7) is 0. The maximum Gasteiger partial charge on any atom is 0.417 e. The van der Waals surface area contributed by atoms with Crippen LogP contribution in [0, 0.1) is 0 Å². The van der Waals surface area contributed by atoms with E-state index >= 15 is 0 Å². The van der Waals surface area contributed by atoms with Gasteiger partial charge in [-0.05, 0) is 23.6 Å². The smallest absolute Gasteiger partial charge is 0.279 e. The van der Waals surface area contributed by atoms with E-state index in [4.69, 9.17) is 0 Å². The van der Waals surface area contributed by atoms with Crippen molar-refractivity contribution < 1.29 is 21.6 Å². The molecule has 0 fully saturated rings. The van der Waals surface area contributed by atoms with Crippen LogP contribution >= 0.6 is 0 Å². The molecular formula is C17H12F3NO2S. The summed E-state index contributed by atoms with van der Waals surface area (Å²) in [7, 11) is -4.39. The minimum atomic E-state index is -4.76. The van der Waals surface area contributed by atoms with Crippen molar-refractivity contribution in [1.29, 1.82) is 0 Å². The van der Waals surface area contributed by atoms with Crippen LogP contribution < -0.4 is 4.72 Å². The van der Waals surface area contributed by atoms with E-state index in [9.17, 15) is 21.6 Å². The SMILES string of the molecule is O=S(=O)(Nc1cccc2ccccc12)c1ccccc1C(F)(F)F. The van der Waals surface area contributed by atoms with Crippen molar-refractivity contribution in [2.45, 2.75) is 11.1 Å². The van der Waals surface area contributed by atoms with Crippen LogP contribution in [0.1, 0.15) is 5.56 Å². The molecule has 0 aromatic heterocycles. The quantitative estimate of drug-likeness (QED) is 0.746. The summed E-state index contributed by atoms with van der Waals surface area (Å²) >= 11 is 0. The molecule has 3 nitrogen and oxygen atoms in total. The molecule has 124 valence electrons. The number of anilines is 1. The molecule has 0 saturated carbocycles. The molecular weight excluding hydrogens is 339 g/mol. The third kappa shape index (κ3) is 3.07. The van der Waals surface area contributed by atoms with Gasteiger partial charge in [-0.3, -0.25) is 4.72 Å². The molecule has 0 atom stereocenters. The second-order valence-corrected chi connectivity index (χ2v) is 6.78. The monoisotopic (exact) mass is 351 g/mol. The average Bonchev–Trinajstić information content (AvgIpc) is 2.54. The molecule has 3 aromatic rings. The lowest BCUT2D eigenvalue weighted by molar-refractivity contribution is -0.139. The summed E-state index contributed by atoms with van der Waals surface area (Å²) in [5.41, 5.74) is -0.970. The first-order valence-corrected chi connectivity index (χ1v) is 8.44. The van der Waals surface area contributed by atoms with Crippen LogP contribution in [0.4, 0.5) is 18.9 Å². The van der Waals surface area contributed by atoms with E-state index in [-0.39, 0.29) is 5.69 Å². The molecule has 0 heterocycles. The van der Waals surface area contributed by atoms with Gasteiger partial charge in [-0.25, -0.2) is 8.42 Å². The Labute approximate surface area is 136 Å². The zero-order valence-electron chi connectivity index (χ0n) is 12.2. The number of halogens is 3. The summed E-state index contributed by atoms with van der Waals surface area (Å²) in [6.07, 6.45) is -4.76. The third-order valence-corrected chi connectivity index (χ3v) is 4.94. The topological polar surface area (TPSA) is 46.2 Å². The van der Waals surface area contributed by atoms with Gasteiger partial charge in [0, 0.05) is 5.39 Å². The second-order valence-electron chi connectivity index (χ2n) is 5.13. The Bertz CT molecular complexity index is 993. The molecule has 0 unspecified atom stereocenters. The summed E-state index contributed by atoms with van der Waals surface area (Å²) < 4.78 is 66.5. The molecule has 3 rings (SSSR count). The Morgan fingerprint density at radius 3 is 2.17 bits per heavy atom. The highest BCUT2D eigenvalue weighted by Crippen LogP contribution is 2.35. The Hall–Kier alpha value is -2.54. The number of nitrogens with one attached hydrogen (secondary N) is 1. The highest BCUT2D eigenvalue weighted by molar-refractivity contribution is 7.92. The molecule has 0 spiro atoms. The van der Waals surface area contributed by atoms with E-state index in [1.165, 1.54) is 12.1 Å². The van der Waals surface area contributed by atoms with Crippen molar-refractivity contribution in [1.82, 2.24) is 0 Å². The van der Waals surface area contributed by atoms with Crippen LogP contribution in [0.5, 0.6) is 0 Å². The van der Waals surface area contributed by atoms with Crippen LogP contribution in [-0.2, 0) is 16.2 Å². The Kier molecular flexibility index (Phi) is 3.96. The summed E-state index contributed by atoms with van der Waals surface area (Å²) in [6, 6.07) is 16.0. The fourth-order valence-electron chi connectivity index (χ4n) is 2.45. The predicted octanol–water partition coefficient (Wildman–Crippen LogP) is 4.66. The molecule has 0 saturated heterocycles. The van der Waals surface area contributed by atoms with E-state index in [2.05, 4.69) is 4.72 Å². The highest BCUT2D eigenvalue weighted by atomic mass is 32.2. The average molecular weight is 351 g/mol. The van der Waals surface area contributed by atoms with Crippen LogP contribution in [-0.4, -0.2) is 8.42 Å². The predicted molar refractivity (Wildman–Crippen MR) is 86.2 cm³/mol. The van der Waals surface area contributed by atoms with Gasteiger partial charge >= 0.3 is 6.18 Å². The van der Waals surface area contributed by atoms with E-state index in [0.29, 0.717) is 5.39 Å². The van der Waals surface area contributed by atoms with E-state index < -0.39 is 26.7 Å². The Morgan fingerprint density at radius 2 is 1.42 bits per heavy atom. The Balaban J connectivity index is 2.10. The molecule has 1 N–H and O–H groups in total. The van der Waals surface area contributed by atoms with E-state index in [0.717, 1.165) is 23.6 Å². The zero-order chi connectivity index (χ0) is 17.4. The molecule has 7 heteroatoms. The second kappa shape index (κ2) is 5.83. The minimum Gasteiger partial charge on any atom is -0.279 e. The van der Waals surface area contributed by atoms with Gasteiger partial charge in [0.05, 0.1) is 16.1 Å². The summed E-state index contributed by atoms with van der Waals surface area (Å²) in [4.78, 5) is -0.801. The lowest BCUT2D eigenvalue weighted by Gasteiger charge is -2.15. The van der Waals surface area contributed by atoms with Crippen LogP contribution in [0.3, 0.4) is 0 Å². The van der Waals surface area contributed by atoms with Crippen molar-refractivity contribution >= 4 is 26.5 Å². The van der Waals surface area contributed by atoms with Crippen molar-refractivity contribution in [2.24, 2.45) is 0 Å². The van der Waals surface area contributed by atoms with Gasteiger partial charge in [0.25, 0.3) is 10.0 Å². The van der Waals surface area contributed by atoms with Crippen LogP contribution in [0.15, 0.2) is 71.6 Å². The largest absolute Gasteiger partial charge is 0.417 e. The first kappa shape index (κ1) is 16.3. The van der Waals surface area contributed by atoms with Crippen molar-refractivity contribution in [2.75, 3.05) is 4.72 Å². The number of benzene rings is 3. The molecule has 3 aromatic carbocycles. The first-order chi connectivity index (χ1) is 11.3. The number of hydrogen-bond acceptors (Lipinski definition) is 2. The van der Waals surface area contributed by atoms with Gasteiger partial charge in [0.15, 0.2) is 0 Å². The van der Waals surface area contributed by atoms with Gasteiger partial charge in [0.1, 0.15) is 0 Å². The summed E-state index contributed by atoms with van der Waals surface area (Å²) in [5.74, 6) is 0. The normalized spacial score (nSPS) is 12.3. The zero-order valence-corrected chi connectivity index (χ0v) is 13.0. The minimum absolute atomic E-state index is 0.227. The molecule has 0 aliphatic carbocycles. The molecule has 0 aliphatic heterocycles. The van der Waals surface area contributed by atoms with Gasteiger partial charge < -0.3 is 0 Å². The molecule has 24 heavy (non-hydrogen) atoms. The lowest BCUT2D eigenvalue weighted by atomic mass is 10.1. The van der Waals surface area contributed by atoms with Crippen molar-refractivity contribution in [3.05, 3.63) is 72.3 Å². The van der Waals surface area contributed by atoms with Crippen LogP contribution in [0.25, 0.3) is 10.8 Å². The van der Waals surface area contributed by atoms with E-state index in [1.54, 1.807) is 36.4 Å². The number of sulfonamides is 1. The first-order valence-electron chi connectivity index (χ1n) is 6.96. The number of hydrogen-bond donors (Lipinski definition) is 1. The fraction of sp³-hybridized carbons (Fsp3) is 0.0588. The standard InChI is InChI=1S/C17H12F3NO2S/c18-17(19,20)14-9-3-4-11-16(14)24(22,23)21-15-10-5-7-12-6-1-2-8-13(12)15/h1-11,21H. The third-order valence-electron chi connectivity index (χ3n) is 3.52. The van der Waals surface area contributed by atoms with Crippen molar-refractivity contribution in [3.63, 3.8) is 0 Å². The highest BCUT2D eigenvalue weighted by Gasteiger charge is 2.36. The number of rotatable bonds is 3. The number of fused-ring (bicyclic) bond motifs is 1. The molecule has 0 aliphatic rings. The molecule has 0 bridgehead atoms. The van der Waals surface area contributed by atoms with Gasteiger partial charge in [-0.2, -0.15) is 13.2 Å². The maximum atomic E-state index is 13.1. The van der Waals surface area contributed by atoms with Crippen LogP contribution in [0.2, 0.25) is 0 Å². The number of alkyl halides is 3. The fourth-order valence-corrected chi connectivity index (χ4v) is 3.76. The Morgan fingerprint density at radius 1 is 0.792 bits per heavy atom. The lowest BCUT2D eigenvalue weighted by Crippen LogP contribution is -2.19. The van der Waals surface area contributed by atoms with Crippen molar-refractivity contribution in [3.8, 4) is 0 Å². The van der Waals surface area contributed by atoms with Gasteiger partial charge in [-0.15, -0.1) is 0 Å². The van der Waals surface area contributed by atoms with E-state index in [1.807, 2.05) is 0 Å².